The normalized spacial score (nSPS) is 10.1. The van der Waals surface area contributed by atoms with E-state index >= 15 is 0 Å². The molecule has 0 saturated carbocycles. The summed E-state index contributed by atoms with van der Waals surface area (Å²) in [5, 5.41) is 5.00. The highest BCUT2D eigenvalue weighted by molar-refractivity contribution is 6.30. The van der Waals surface area contributed by atoms with Crippen LogP contribution in [0.25, 0.3) is 0 Å². The van der Waals surface area contributed by atoms with E-state index in [1.54, 1.807) is 24.3 Å². The zero-order valence-corrected chi connectivity index (χ0v) is 13.1. The molecular formula is C16H13ClF2N2O3. The summed E-state index contributed by atoms with van der Waals surface area (Å²) in [6.45, 7) is -0.706. The Morgan fingerprint density at radius 3 is 2.46 bits per heavy atom. The van der Waals surface area contributed by atoms with Crippen molar-refractivity contribution in [2.45, 2.75) is 0 Å². The third kappa shape index (κ3) is 5.51. The maximum atomic E-state index is 13.4. The van der Waals surface area contributed by atoms with Crippen LogP contribution in [-0.2, 0) is 9.59 Å². The van der Waals surface area contributed by atoms with Gasteiger partial charge in [-0.2, -0.15) is 0 Å². The van der Waals surface area contributed by atoms with E-state index in [1.165, 1.54) is 0 Å². The third-order valence-electron chi connectivity index (χ3n) is 2.83. The van der Waals surface area contributed by atoms with Crippen LogP contribution in [-0.4, -0.2) is 25.0 Å². The summed E-state index contributed by atoms with van der Waals surface area (Å²) in [6, 6.07) is 9.07. The predicted molar refractivity (Wildman–Crippen MR) is 84.9 cm³/mol. The molecule has 0 fully saturated rings. The largest absolute Gasteiger partial charge is 0.484 e. The molecule has 8 heteroatoms. The summed E-state index contributed by atoms with van der Waals surface area (Å²) >= 11 is 5.72. The van der Waals surface area contributed by atoms with Gasteiger partial charge in [0.15, 0.2) is 6.61 Å². The highest BCUT2D eigenvalue weighted by Gasteiger charge is 2.10. The van der Waals surface area contributed by atoms with Crippen LogP contribution >= 0.6 is 11.6 Å². The smallest absolute Gasteiger partial charge is 0.258 e. The quantitative estimate of drug-likeness (QED) is 0.838. The molecular weight excluding hydrogens is 342 g/mol. The van der Waals surface area contributed by atoms with E-state index in [0.29, 0.717) is 10.8 Å². The highest BCUT2D eigenvalue weighted by atomic mass is 35.5. The van der Waals surface area contributed by atoms with Crippen molar-refractivity contribution in [3.05, 3.63) is 59.1 Å². The molecule has 2 aromatic rings. The van der Waals surface area contributed by atoms with Crippen LogP contribution in [0.15, 0.2) is 42.5 Å². The van der Waals surface area contributed by atoms with E-state index in [0.717, 1.165) is 18.2 Å². The molecule has 0 aliphatic heterocycles. The minimum atomic E-state index is -0.776. The second-order valence-electron chi connectivity index (χ2n) is 4.69. The Labute approximate surface area is 141 Å². The molecule has 24 heavy (non-hydrogen) atoms. The summed E-state index contributed by atoms with van der Waals surface area (Å²) < 4.78 is 31.5. The first-order valence-electron chi connectivity index (χ1n) is 6.84. The number of halogens is 3. The first-order chi connectivity index (χ1) is 11.4. The lowest BCUT2D eigenvalue weighted by molar-refractivity contribution is -0.125. The summed E-state index contributed by atoms with van der Waals surface area (Å²) in [5.74, 6) is -2.26. The van der Waals surface area contributed by atoms with Gasteiger partial charge in [-0.25, -0.2) is 8.78 Å². The monoisotopic (exact) mass is 354 g/mol. The molecule has 0 saturated heterocycles. The van der Waals surface area contributed by atoms with Gasteiger partial charge in [-0.05, 0) is 36.4 Å². The minimum Gasteiger partial charge on any atom is -0.484 e. The van der Waals surface area contributed by atoms with Crippen LogP contribution in [0.2, 0.25) is 5.02 Å². The molecule has 2 rings (SSSR count). The van der Waals surface area contributed by atoms with Gasteiger partial charge in [0.2, 0.25) is 5.91 Å². The van der Waals surface area contributed by atoms with E-state index in [4.69, 9.17) is 16.3 Å². The van der Waals surface area contributed by atoms with Gasteiger partial charge in [0.05, 0.1) is 12.2 Å². The average molecular weight is 355 g/mol. The SMILES string of the molecule is O=C(COc1ccc(Cl)cc1)NCC(=O)Nc1cc(F)ccc1F. The predicted octanol–water partition coefficient (Wildman–Crippen LogP) is 2.75. The van der Waals surface area contributed by atoms with Gasteiger partial charge in [-0.15, -0.1) is 0 Å². The number of nitrogens with one attached hydrogen (secondary N) is 2. The molecule has 0 radical (unpaired) electrons. The maximum absolute atomic E-state index is 13.4. The van der Waals surface area contributed by atoms with Crippen molar-refractivity contribution in [2.24, 2.45) is 0 Å². The Hall–Kier alpha value is -2.67. The number of hydrogen-bond donors (Lipinski definition) is 2. The minimum absolute atomic E-state index is 0.299. The van der Waals surface area contributed by atoms with E-state index < -0.39 is 30.0 Å². The lowest BCUT2D eigenvalue weighted by Crippen LogP contribution is -2.35. The highest BCUT2D eigenvalue weighted by Crippen LogP contribution is 2.16. The molecule has 0 atom stereocenters. The van der Waals surface area contributed by atoms with Crippen LogP contribution in [0.4, 0.5) is 14.5 Å². The molecule has 0 heterocycles. The number of amides is 2. The number of benzene rings is 2. The molecule has 5 nitrogen and oxygen atoms in total. The molecule has 0 bridgehead atoms. The second-order valence-corrected chi connectivity index (χ2v) is 5.13. The maximum Gasteiger partial charge on any atom is 0.258 e. The van der Waals surface area contributed by atoms with Crippen LogP contribution in [0, 0.1) is 11.6 Å². The molecule has 126 valence electrons. The number of carbonyl (C=O) groups excluding carboxylic acids is 2. The van der Waals surface area contributed by atoms with Crippen molar-refractivity contribution in [2.75, 3.05) is 18.5 Å². The van der Waals surface area contributed by atoms with Crippen molar-refractivity contribution in [3.8, 4) is 5.75 Å². The average Bonchev–Trinajstić information content (AvgIpc) is 2.56. The molecule has 2 N–H and O–H groups in total. The number of rotatable bonds is 6. The second kappa shape index (κ2) is 8.26. The number of anilines is 1. The van der Waals surface area contributed by atoms with E-state index in [9.17, 15) is 18.4 Å². The Bertz CT molecular complexity index is 739. The molecule has 2 aromatic carbocycles. The fourth-order valence-corrected chi connectivity index (χ4v) is 1.82. The van der Waals surface area contributed by atoms with Gasteiger partial charge in [-0.1, -0.05) is 11.6 Å². The summed E-state index contributed by atoms with van der Waals surface area (Å²) in [4.78, 5) is 23.2. The standard InChI is InChI=1S/C16H13ClF2N2O3/c17-10-1-4-12(5-2-10)24-9-16(23)20-8-15(22)21-14-7-11(18)3-6-13(14)19/h1-7H,8-9H2,(H,20,23)(H,21,22). The van der Waals surface area contributed by atoms with Gasteiger partial charge in [0, 0.05) is 11.1 Å². The van der Waals surface area contributed by atoms with Crippen LogP contribution in [0.3, 0.4) is 0 Å². The van der Waals surface area contributed by atoms with Gasteiger partial charge in [0.1, 0.15) is 17.4 Å². The first-order valence-corrected chi connectivity index (χ1v) is 7.22. The summed E-state index contributed by atoms with van der Waals surface area (Å²) in [7, 11) is 0. The Balaban J connectivity index is 1.75. The Morgan fingerprint density at radius 2 is 1.75 bits per heavy atom. The van der Waals surface area contributed by atoms with Gasteiger partial charge in [0.25, 0.3) is 5.91 Å². The molecule has 0 spiro atoms. The van der Waals surface area contributed by atoms with Gasteiger partial charge < -0.3 is 15.4 Å². The molecule has 0 unspecified atom stereocenters. The van der Waals surface area contributed by atoms with E-state index in [-0.39, 0.29) is 12.3 Å². The summed E-state index contributed by atoms with van der Waals surface area (Å²) in [6.07, 6.45) is 0. The third-order valence-corrected chi connectivity index (χ3v) is 3.08. The topological polar surface area (TPSA) is 67.4 Å². The Morgan fingerprint density at radius 1 is 1.04 bits per heavy atom. The van der Waals surface area contributed by atoms with Crippen LogP contribution < -0.4 is 15.4 Å². The molecule has 0 aromatic heterocycles. The first kappa shape index (κ1) is 17.7. The number of ether oxygens (including phenoxy) is 1. The molecule has 2 amide bonds. The number of hydrogen-bond acceptors (Lipinski definition) is 3. The number of carbonyl (C=O) groups is 2. The van der Waals surface area contributed by atoms with Gasteiger partial charge in [-0.3, -0.25) is 9.59 Å². The lowest BCUT2D eigenvalue weighted by Gasteiger charge is -2.09. The van der Waals surface area contributed by atoms with Crippen molar-refractivity contribution in [1.82, 2.24) is 5.32 Å². The van der Waals surface area contributed by atoms with Crippen LogP contribution in [0.1, 0.15) is 0 Å². The van der Waals surface area contributed by atoms with Gasteiger partial charge >= 0.3 is 0 Å². The Kier molecular flexibility index (Phi) is 6.08. The van der Waals surface area contributed by atoms with Crippen molar-refractivity contribution < 1.29 is 23.1 Å². The summed E-state index contributed by atoms with van der Waals surface area (Å²) in [5.41, 5.74) is -0.299. The lowest BCUT2D eigenvalue weighted by atomic mass is 10.3. The molecule has 0 aliphatic carbocycles. The van der Waals surface area contributed by atoms with E-state index in [1.807, 2.05) is 0 Å². The fourth-order valence-electron chi connectivity index (χ4n) is 1.70. The fraction of sp³-hybridized carbons (Fsp3) is 0.125. The van der Waals surface area contributed by atoms with Crippen molar-refractivity contribution in [1.29, 1.82) is 0 Å². The zero-order valence-electron chi connectivity index (χ0n) is 12.3. The van der Waals surface area contributed by atoms with Crippen LogP contribution in [0.5, 0.6) is 5.75 Å². The zero-order chi connectivity index (χ0) is 17.5. The van der Waals surface area contributed by atoms with Crippen molar-refractivity contribution in [3.63, 3.8) is 0 Å². The van der Waals surface area contributed by atoms with Crippen molar-refractivity contribution >= 4 is 29.1 Å². The van der Waals surface area contributed by atoms with E-state index in [2.05, 4.69) is 10.6 Å². The molecule has 0 aliphatic rings.